The van der Waals surface area contributed by atoms with E-state index >= 15 is 0 Å². The van der Waals surface area contributed by atoms with Gasteiger partial charge in [-0.1, -0.05) is 6.58 Å². The summed E-state index contributed by atoms with van der Waals surface area (Å²) in [5.74, 6) is -2.54. The van der Waals surface area contributed by atoms with Crippen LogP contribution in [0.15, 0.2) is 12.4 Å². The van der Waals surface area contributed by atoms with Gasteiger partial charge in [0.2, 0.25) is 6.43 Å². The highest BCUT2D eigenvalue weighted by molar-refractivity contribution is 5.92. The second kappa shape index (κ2) is 3.27. The molecule has 0 fully saturated rings. The maximum atomic E-state index is 11.6. The average Bonchev–Trinajstić information content (AvgIpc) is 1.63. The summed E-state index contributed by atoms with van der Waals surface area (Å²) < 4.78 is 34.0. The van der Waals surface area contributed by atoms with Crippen LogP contribution in [0.5, 0.6) is 0 Å². The van der Waals surface area contributed by atoms with E-state index in [1.165, 1.54) is 0 Å². The Morgan fingerprint density at radius 3 is 2.11 bits per heavy atom. The van der Waals surface area contributed by atoms with Crippen LogP contribution in [-0.2, 0) is 4.79 Å². The number of allylic oxidation sites excluding steroid dienone is 1. The highest BCUT2D eigenvalue weighted by atomic mass is 19.3. The van der Waals surface area contributed by atoms with E-state index in [-0.39, 0.29) is 0 Å². The second-order valence-corrected chi connectivity index (χ2v) is 1.42. The molecule has 0 atom stereocenters. The van der Waals surface area contributed by atoms with E-state index in [9.17, 15) is 18.0 Å². The zero-order valence-electron chi connectivity index (χ0n) is 4.53. The lowest BCUT2D eigenvalue weighted by Gasteiger charge is -1.92. The normalized spacial score (nSPS) is 9.78. The zero-order valence-corrected chi connectivity index (χ0v) is 4.53. The van der Waals surface area contributed by atoms with E-state index in [0.29, 0.717) is 0 Å². The van der Waals surface area contributed by atoms with Gasteiger partial charge in [-0.25, -0.2) is 13.2 Å². The highest BCUT2D eigenvalue weighted by Crippen LogP contribution is 2.05. The van der Waals surface area contributed by atoms with Gasteiger partial charge in [-0.3, -0.25) is 4.79 Å². The van der Waals surface area contributed by atoms with Crippen molar-refractivity contribution in [2.75, 3.05) is 0 Å². The lowest BCUT2D eigenvalue weighted by molar-refractivity contribution is -0.119. The van der Waals surface area contributed by atoms with Gasteiger partial charge in [0.25, 0.3) is 0 Å². The van der Waals surface area contributed by atoms with E-state index in [0.717, 1.165) is 0 Å². The molecule has 0 radical (unpaired) electrons. The van der Waals surface area contributed by atoms with Crippen molar-refractivity contribution in [3.63, 3.8) is 0 Å². The number of alkyl halides is 2. The molecule has 52 valence electrons. The number of hydrogen-bond donors (Lipinski definition) is 0. The lowest BCUT2D eigenvalue weighted by atomic mass is 10.3. The molecule has 4 heteroatoms. The Morgan fingerprint density at radius 2 is 2.00 bits per heavy atom. The predicted molar refractivity (Wildman–Crippen MR) is 25.9 cm³/mol. The van der Waals surface area contributed by atoms with Crippen molar-refractivity contribution < 1.29 is 18.0 Å². The summed E-state index contributed by atoms with van der Waals surface area (Å²) in [6.45, 7) is 2.56. The van der Waals surface area contributed by atoms with Gasteiger partial charge in [0, 0.05) is 0 Å². The molecule has 0 unspecified atom stereocenters. The summed E-state index contributed by atoms with van der Waals surface area (Å²) in [5.41, 5.74) is 0. The standard InChI is InChI=1S/C5H5F3O/c1-3(6)4(9)2-5(7)8/h5H,1-2H2. The molecule has 0 aromatic carbocycles. The first kappa shape index (κ1) is 8.20. The topological polar surface area (TPSA) is 17.1 Å². The second-order valence-electron chi connectivity index (χ2n) is 1.42. The fraction of sp³-hybridized carbons (Fsp3) is 0.400. The molecule has 0 spiro atoms. The summed E-state index contributed by atoms with van der Waals surface area (Å²) in [7, 11) is 0. The Morgan fingerprint density at radius 1 is 1.56 bits per heavy atom. The number of rotatable bonds is 3. The molecular formula is C5H5F3O. The Kier molecular flexibility index (Phi) is 2.98. The number of carbonyl (C=O) groups is 1. The van der Waals surface area contributed by atoms with Gasteiger partial charge >= 0.3 is 0 Å². The molecule has 0 bridgehead atoms. The van der Waals surface area contributed by atoms with Crippen molar-refractivity contribution in [2.45, 2.75) is 12.8 Å². The van der Waals surface area contributed by atoms with Gasteiger partial charge in [-0.15, -0.1) is 0 Å². The third-order valence-electron chi connectivity index (χ3n) is 0.642. The van der Waals surface area contributed by atoms with E-state index in [1.807, 2.05) is 0 Å². The minimum absolute atomic E-state index is 1.07. The van der Waals surface area contributed by atoms with Crippen molar-refractivity contribution in [3.8, 4) is 0 Å². The maximum absolute atomic E-state index is 11.6. The lowest BCUT2D eigenvalue weighted by Crippen LogP contribution is -2.03. The summed E-state index contributed by atoms with van der Waals surface area (Å²) in [4.78, 5) is 10.00. The Bertz CT molecular complexity index is 130. The molecule has 1 nitrogen and oxygen atoms in total. The molecule has 0 aromatic rings. The van der Waals surface area contributed by atoms with Gasteiger partial charge in [-0.05, 0) is 0 Å². The van der Waals surface area contributed by atoms with Gasteiger partial charge in [0.05, 0.1) is 6.42 Å². The Hall–Kier alpha value is -0.800. The van der Waals surface area contributed by atoms with Crippen LogP contribution < -0.4 is 0 Å². The first-order valence-electron chi connectivity index (χ1n) is 2.19. The average molecular weight is 138 g/mol. The summed E-state index contributed by atoms with van der Waals surface area (Å²) in [6.07, 6.45) is -3.86. The Balaban J connectivity index is 3.65. The molecule has 0 saturated heterocycles. The van der Waals surface area contributed by atoms with Crippen molar-refractivity contribution in [1.82, 2.24) is 0 Å². The van der Waals surface area contributed by atoms with E-state index < -0.39 is 24.5 Å². The van der Waals surface area contributed by atoms with Gasteiger partial charge in [0.1, 0.15) is 0 Å². The zero-order chi connectivity index (χ0) is 7.44. The molecule has 0 aliphatic heterocycles. The molecule has 0 aliphatic carbocycles. The number of halogens is 3. The molecule has 9 heavy (non-hydrogen) atoms. The van der Waals surface area contributed by atoms with Gasteiger partial charge in [0.15, 0.2) is 11.6 Å². The van der Waals surface area contributed by atoms with Gasteiger partial charge < -0.3 is 0 Å². The van der Waals surface area contributed by atoms with Crippen molar-refractivity contribution in [2.24, 2.45) is 0 Å². The number of carbonyl (C=O) groups excluding carboxylic acids is 1. The van der Waals surface area contributed by atoms with E-state index in [4.69, 9.17) is 0 Å². The minimum atomic E-state index is -2.79. The van der Waals surface area contributed by atoms with Crippen LogP contribution in [0.25, 0.3) is 0 Å². The maximum Gasteiger partial charge on any atom is 0.245 e. The van der Waals surface area contributed by atoms with E-state index in [1.54, 1.807) is 0 Å². The monoisotopic (exact) mass is 138 g/mol. The molecule has 0 aromatic heterocycles. The number of hydrogen-bond acceptors (Lipinski definition) is 1. The third kappa shape index (κ3) is 3.76. The van der Waals surface area contributed by atoms with Crippen molar-refractivity contribution >= 4 is 5.78 Å². The first-order chi connectivity index (χ1) is 4.04. The van der Waals surface area contributed by atoms with Crippen LogP contribution >= 0.6 is 0 Å². The third-order valence-corrected chi connectivity index (χ3v) is 0.642. The van der Waals surface area contributed by atoms with Crippen LogP contribution in [0.2, 0.25) is 0 Å². The number of Topliss-reactive ketones (excluding diaryl/α,β-unsaturated/α-hetero) is 1. The molecular weight excluding hydrogens is 133 g/mol. The minimum Gasteiger partial charge on any atom is -0.291 e. The summed E-state index contributed by atoms with van der Waals surface area (Å²) >= 11 is 0. The molecule has 0 aliphatic rings. The quantitative estimate of drug-likeness (QED) is 0.542. The molecule has 0 rings (SSSR count). The molecule has 0 amide bonds. The predicted octanol–water partition coefficient (Wildman–Crippen LogP) is 1.69. The fourth-order valence-corrected chi connectivity index (χ4v) is 0.251. The van der Waals surface area contributed by atoms with Gasteiger partial charge in [-0.2, -0.15) is 0 Å². The van der Waals surface area contributed by atoms with Crippen LogP contribution in [-0.4, -0.2) is 12.2 Å². The van der Waals surface area contributed by atoms with Crippen LogP contribution in [0.4, 0.5) is 13.2 Å². The molecule has 0 N–H and O–H groups in total. The first-order valence-corrected chi connectivity index (χ1v) is 2.19. The SMILES string of the molecule is C=C(F)C(=O)CC(F)F. The van der Waals surface area contributed by atoms with Crippen molar-refractivity contribution in [3.05, 3.63) is 12.4 Å². The summed E-state index contributed by atoms with van der Waals surface area (Å²) in [6, 6.07) is 0. The number of ketones is 1. The largest absolute Gasteiger partial charge is 0.291 e. The molecule has 0 saturated carbocycles. The smallest absolute Gasteiger partial charge is 0.245 e. The summed E-state index contributed by atoms with van der Waals surface area (Å²) in [5, 5.41) is 0. The fourth-order valence-electron chi connectivity index (χ4n) is 0.251. The molecule has 0 heterocycles. The van der Waals surface area contributed by atoms with Crippen molar-refractivity contribution in [1.29, 1.82) is 0 Å². The van der Waals surface area contributed by atoms with Crippen LogP contribution in [0.1, 0.15) is 6.42 Å². The van der Waals surface area contributed by atoms with Crippen LogP contribution in [0.3, 0.4) is 0 Å². The van der Waals surface area contributed by atoms with E-state index in [2.05, 4.69) is 6.58 Å². The highest BCUT2D eigenvalue weighted by Gasteiger charge is 2.12. The Labute approximate surface area is 50.2 Å². The van der Waals surface area contributed by atoms with Crippen LogP contribution in [0, 0.1) is 0 Å².